The van der Waals surface area contributed by atoms with E-state index < -0.39 is 13.7 Å². The van der Waals surface area contributed by atoms with Crippen molar-refractivity contribution < 1.29 is 14.7 Å². The summed E-state index contributed by atoms with van der Waals surface area (Å²) < 4.78 is 4.20. The highest BCUT2D eigenvalue weighted by Gasteiger charge is 2.11. The van der Waals surface area contributed by atoms with Gasteiger partial charge in [-0.1, -0.05) is 6.58 Å². The third-order valence-electron chi connectivity index (χ3n) is 0.550. The molecule has 0 aromatic heterocycles. The fourth-order valence-electron chi connectivity index (χ4n) is 0.287. The summed E-state index contributed by atoms with van der Waals surface area (Å²) in [4.78, 5) is 0. The van der Waals surface area contributed by atoms with Crippen LogP contribution in [-0.2, 0) is 4.65 Å². The second-order valence-electron chi connectivity index (χ2n) is 1.25. The molecule has 0 bridgehead atoms. The van der Waals surface area contributed by atoms with E-state index in [1.54, 1.807) is 0 Å². The lowest BCUT2D eigenvalue weighted by Crippen LogP contribution is -2.41. The zero-order chi connectivity index (χ0) is 7.28. The second-order valence-corrected chi connectivity index (χ2v) is 1.25. The monoisotopic (exact) mass is 132 g/mol. The van der Waals surface area contributed by atoms with Crippen molar-refractivity contribution in [1.82, 2.24) is 5.32 Å². The minimum Gasteiger partial charge on any atom is -0.402 e. The largest absolute Gasteiger partial charge is 0.636 e. The van der Waals surface area contributed by atoms with Gasteiger partial charge in [0.25, 0.3) is 0 Å². The van der Waals surface area contributed by atoms with Gasteiger partial charge < -0.3 is 20.0 Å². The van der Waals surface area contributed by atoms with E-state index in [9.17, 15) is 0 Å². The summed E-state index contributed by atoms with van der Waals surface area (Å²) in [5.74, 6) is 0. The third-order valence-corrected chi connectivity index (χ3v) is 0.550. The van der Waals surface area contributed by atoms with Gasteiger partial charge in [-0.15, -0.1) is 0 Å². The standard InChI is InChI=1S/C3H9BN2O3/c1-2-6-3(5)9-4(7)8/h2-3,6-8H,1,5H2. The summed E-state index contributed by atoms with van der Waals surface area (Å²) in [5.41, 5.74) is 5.06. The molecule has 6 heteroatoms. The first-order valence-electron chi connectivity index (χ1n) is 2.31. The van der Waals surface area contributed by atoms with E-state index in [0.717, 1.165) is 0 Å². The van der Waals surface area contributed by atoms with Crippen molar-refractivity contribution in [2.24, 2.45) is 5.73 Å². The van der Waals surface area contributed by atoms with Crippen molar-refractivity contribution in [3.63, 3.8) is 0 Å². The SMILES string of the molecule is C=CNC(N)OB(O)O. The van der Waals surface area contributed by atoms with Crippen molar-refractivity contribution in [3.8, 4) is 0 Å². The van der Waals surface area contributed by atoms with E-state index in [0.29, 0.717) is 0 Å². The highest BCUT2D eigenvalue weighted by Crippen LogP contribution is 1.77. The molecule has 0 spiro atoms. The number of hydrogen-bond donors (Lipinski definition) is 4. The lowest BCUT2D eigenvalue weighted by Gasteiger charge is -2.10. The van der Waals surface area contributed by atoms with E-state index in [4.69, 9.17) is 15.8 Å². The molecule has 5 N–H and O–H groups in total. The predicted octanol–water partition coefficient (Wildman–Crippen LogP) is -2.05. The minimum atomic E-state index is -1.85. The van der Waals surface area contributed by atoms with E-state index in [1.807, 2.05) is 0 Å². The van der Waals surface area contributed by atoms with Gasteiger partial charge in [-0.25, -0.2) is 0 Å². The lowest BCUT2D eigenvalue weighted by atomic mass is 10.3. The fourth-order valence-corrected chi connectivity index (χ4v) is 0.287. The molecule has 0 aromatic rings. The summed E-state index contributed by atoms with van der Waals surface area (Å²) in [6.07, 6.45) is 0.357. The average Bonchev–Trinajstić information content (AvgIpc) is 1.63. The zero-order valence-electron chi connectivity index (χ0n) is 4.82. The van der Waals surface area contributed by atoms with Gasteiger partial charge in [-0.05, 0) is 6.20 Å². The molecule has 1 unspecified atom stereocenters. The molecule has 0 aliphatic carbocycles. The van der Waals surface area contributed by atoms with Gasteiger partial charge >= 0.3 is 7.32 Å². The Hall–Kier alpha value is -0.555. The first-order valence-corrected chi connectivity index (χ1v) is 2.31. The predicted molar refractivity (Wildman–Crippen MR) is 32.6 cm³/mol. The molecule has 0 fully saturated rings. The van der Waals surface area contributed by atoms with E-state index in [1.165, 1.54) is 6.20 Å². The topological polar surface area (TPSA) is 87.7 Å². The van der Waals surface area contributed by atoms with Crippen LogP contribution in [-0.4, -0.2) is 23.7 Å². The maximum absolute atomic E-state index is 8.13. The van der Waals surface area contributed by atoms with Gasteiger partial charge in [-0.2, -0.15) is 0 Å². The van der Waals surface area contributed by atoms with Crippen molar-refractivity contribution >= 4 is 7.32 Å². The van der Waals surface area contributed by atoms with Crippen molar-refractivity contribution in [2.75, 3.05) is 0 Å². The smallest absolute Gasteiger partial charge is 0.402 e. The molecule has 0 aromatic carbocycles. The Morgan fingerprint density at radius 2 is 2.33 bits per heavy atom. The van der Waals surface area contributed by atoms with Crippen LogP contribution in [0.2, 0.25) is 0 Å². The second kappa shape index (κ2) is 4.34. The summed E-state index contributed by atoms with van der Waals surface area (Å²) in [6.45, 7) is 3.27. The Morgan fingerprint density at radius 3 is 2.67 bits per heavy atom. The first kappa shape index (κ1) is 8.44. The Morgan fingerprint density at radius 1 is 1.78 bits per heavy atom. The highest BCUT2D eigenvalue weighted by molar-refractivity contribution is 6.32. The van der Waals surface area contributed by atoms with Crippen LogP contribution in [0.5, 0.6) is 0 Å². The minimum absolute atomic E-state index is 0.928. The molecule has 0 aliphatic heterocycles. The Labute approximate surface area is 53.3 Å². The molecule has 0 aliphatic rings. The Kier molecular flexibility index (Phi) is 4.07. The maximum atomic E-state index is 8.13. The molecule has 1 atom stereocenters. The van der Waals surface area contributed by atoms with Crippen molar-refractivity contribution in [1.29, 1.82) is 0 Å². The molecular formula is C3H9BN2O3. The highest BCUT2D eigenvalue weighted by atomic mass is 16.6. The summed E-state index contributed by atoms with van der Waals surface area (Å²) in [5, 5.41) is 18.6. The lowest BCUT2D eigenvalue weighted by molar-refractivity contribution is 0.109. The number of nitrogens with one attached hydrogen (secondary N) is 1. The maximum Gasteiger partial charge on any atom is 0.636 e. The average molecular weight is 132 g/mol. The molecule has 0 radical (unpaired) electrons. The summed E-state index contributed by atoms with van der Waals surface area (Å²) in [7, 11) is -1.85. The molecule has 0 saturated carbocycles. The normalized spacial score (nSPS) is 12.3. The quantitative estimate of drug-likeness (QED) is 0.261. The first-order chi connectivity index (χ1) is 4.16. The van der Waals surface area contributed by atoms with Gasteiger partial charge in [0, 0.05) is 0 Å². The summed E-state index contributed by atoms with van der Waals surface area (Å²) >= 11 is 0. The van der Waals surface area contributed by atoms with E-state index in [2.05, 4.69) is 16.6 Å². The number of rotatable bonds is 4. The van der Waals surface area contributed by atoms with Gasteiger partial charge in [-0.3, -0.25) is 5.73 Å². The molecule has 0 heterocycles. The van der Waals surface area contributed by atoms with Crippen LogP contribution in [0.3, 0.4) is 0 Å². The fraction of sp³-hybridized carbons (Fsp3) is 0.333. The molecule has 52 valence electrons. The van der Waals surface area contributed by atoms with Crippen molar-refractivity contribution in [3.05, 3.63) is 12.8 Å². The van der Waals surface area contributed by atoms with Gasteiger partial charge in [0.1, 0.15) is 0 Å². The van der Waals surface area contributed by atoms with Crippen LogP contribution in [0, 0.1) is 0 Å². The molecular weight excluding hydrogens is 123 g/mol. The summed E-state index contributed by atoms with van der Waals surface area (Å²) in [6, 6.07) is 0. The van der Waals surface area contributed by atoms with E-state index in [-0.39, 0.29) is 0 Å². The van der Waals surface area contributed by atoms with Gasteiger partial charge in [0.05, 0.1) is 0 Å². The Balaban J connectivity index is 3.25. The van der Waals surface area contributed by atoms with Crippen LogP contribution in [0.1, 0.15) is 0 Å². The van der Waals surface area contributed by atoms with Crippen LogP contribution >= 0.6 is 0 Å². The number of nitrogens with two attached hydrogens (primary N) is 1. The van der Waals surface area contributed by atoms with E-state index >= 15 is 0 Å². The molecule has 9 heavy (non-hydrogen) atoms. The van der Waals surface area contributed by atoms with Crippen LogP contribution in [0.4, 0.5) is 0 Å². The molecule has 5 nitrogen and oxygen atoms in total. The molecule has 0 rings (SSSR count). The van der Waals surface area contributed by atoms with Crippen LogP contribution in [0.15, 0.2) is 12.8 Å². The van der Waals surface area contributed by atoms with Crippen molar-refractivity contribution in [2.45, 2.75) is 6.35 Å². The zero-order valence-corrected chi connectivity index (χ0v) is 4.82. The van der Waals surface area contributed by atoms with Crippen LogP contribution in [0.25, 0.3) is 0 Å². The molecule has 0 amide bonds. The third kappa shape index (κ3) is 5.31. The van der Waals surface area contributed by atoms with Gasteiger partial charge in [0.15, 0.2) is 6.35 Å². The molecule has 0 saturated heterocycles. The van der Waals surface area contributed by atoms with Crippen LogP contribution < -0.4 is 11.1 Å². The number of hydrogen-bond acceptors (Lipinski definition) is 5. The Bertz CT molecular complexity index is 89.1. The van der Waals surface area contributed by atoms with Gasteiger partial charge in [0.2, 0.25) is 0 Å².